The fraction of sp³-hybridized carbons (Fsp3) is 0.455. The van der Waals surface area contributed by atoms with Crippen LogP contribution >= 0.6 is 0 Å². The van der Waals surface area contributed by atoms with Crippen LogP contribution in [0.3, 0.4) is 0 Å². The van der Waals surface area contributed by atoms with Crippen LogP contribution in [0.25, 0.3) is 5.65 Å². The summed E-state index contributed by atoms with van der Waals surface area (Å²) in [6, 6.07) is 4.17. The van der Waals surface area contributed by atoms with Crippen LogP contribution in [0.15, 0.2) is 18.3 Å². The van der Waals surface area contributed by atoms with Gasteiger partial charge in [0.1, 0.15) is 0 Å². The highest BCUT2D eigenvalue weighted by Crippen LogP contribution is 2.07. The number of aryl methyl sites for hydroxylation is 1. The molecule has 0 aliphatic heterocycles. The van der Waals surface area contributed by atoms with E-state index in [1.54, 1.807) is 11.6 Å². The average Bonchev–Trinajstić information content (AvgIpc) is 2.59. The van der Waals surface area contributed by atoms with Gasteiger partial charge < -0.3 is 10.1 Å². The maximum atomic E-state index is 5.04. The van der Waals surface area contributed by atoms with Crippen LogP contribution in [0.4, 0.5) is 5.95 Å². The highest BCUT2D eigenvalue weighted by Gasteiger charge is 2.06. The molecule has 2 heterocycles. The minimum atomic E-state index is 0.198. The summed E-state index contributed by atoms with van der Waals surface area (Å²) >= 11 is 0. The third kappa shape index (κ3) is 2.30. The molecule has 0 aliphatic rings. The molecule has 1 N–H and O–H groups in total. The van der Waals surface area contributed by atoms with Crippen molar-refractivity contribution >= 4 is 11.6 Å². The van der Waals surface area contributed by atoms with Gasteiger partial charge in [0.2, 0.25) is 5.95 Å². The fourth-order valence-corrected chi connectivity index (χ4v) is 1.56. The number of anilines is 1. The van der Waals surface area contributed by atoms with Crippen molar-refractivity contribution < 1.29 is 4.74 Å². The summed E-state index contributed by atoms with van der Waals surface area (Å²) in [5, 5.41) is 7.52. The smallest absolute Gasteiger partial charge is 0.243 e. The third-order valence-electron chi connectivity index (χ3n) is 2.27. The summed E-state index contributed by atoms with van der Waals surface area (Å²) in [6.45, 7) is 4.69. The van der Waals surface area contributed by atoms with Crippen molar-refractivity contribution in [3.05, 3.63) is 23.9 Å². The Morgan fingerprint density at radius 2 is 2.31 bits per heavy atom. The number of nitrogens with zero attached hydrogens (tertiary/aromatic N) is 3. The Balaban J connectivity index is 2.19. The Morgan fingerprint density at radius 1 is 1.50 bits per heavy atom. The first-order valence-corrected chi connectivity index (χ1v) is 5.27. The Bertz CT molecular complexity index is 480. The van der Waals surface area contributed by atoms with E-state index in [1.807, 2.05) is 32.2 Å². The van der Waals surface area contributed by atoms with Crippen LogP contribution < -0.4 is 5.32 Å². The minimum absolute atomic E-state index is 0.198. The lowest BCUT2D eigenvalue weighted by Gasteiger charge is -2.09. The second-order valence-electron chi connectivity index (χ2n) is 3.95. The molecule has 2 aromatic heterocycles. The number of methoxy groups -OCH3 is 1. The number of ether oxygens (including phenoxy) is 1. The largest absolute Gasteiger partial charge is 0.383 e. The summed E-state index contributed by atoms with van der Waals surface area (Å²) < 4.78 is 6.82. The SMILES string of the molecule is COCC(C)Nc1nc2ccc(C)cn2n1. The van der Waals surface area contributed by atoms with Gasteiger partial charge in [-0.25, -0.2) is 4.52 Å². The molecule has 0 saturated heterocycles. The lowest BCUT2D eigenvalue weighted by atomic mass is 10.3. The molecular formula is C11H16N4O. The van der Waals surface area contributed by atoms with Crippen molar-refractivity contribution in [1.29, 1.82) is 0 Å². The molecule has 0 amide bonds. The minimum Gasteiger partial charge on any atom is -0.383 e. The first-order chi connectivity index (χ1) is 7.69. The monoisotopic (exact) mass is 220 g/mol. The second-order valence-corrected chi connectivity index (χ2v) is 3.95. The van der Waals surface area contributed by atoms with E-state index < -0.39 is 0 Å². The van der Waals surface area contributed by atoms with Crippen molar-refractivity contribution in [3.8, 4) is 0 Å². The van der Waals surface area contributed by atoms with Gasteiger partial charge in [-0.15, -0.1) is 5.10 Å². The number of hydrogen-bond acceptors (Lipinski definition) is 4. The van der Waals surface area contributed by atoms with Gasteiger partial charge in [-0.2, -0.15) is 4.98 Å². The van der Waals surface area contributed by atoms with Gasteiger partial charge in [0, 0.05) is 19.3 Å². The predicted octanol–water partition coefficient (Wildman–Crippen LogP) is 1.48. The van der Waals surface area contributed by atoms with E-state index in [2.05, 4.69) is 15.4 Å². The molecule has 0 bridgehead atoms. The molecule has 0 saturated carbocycles. The molecule has 1 atom stereocenters. The Kier molecular flexibility index (Phi) is 3.05. The first-order valence-electron chi connectivity index (χ1n) is 5.27. The Labute approximate surface area is 94.4 Å². The van der Waals surface area contributed by atoms with Crippen LogP contribution in [0.1, 0.15) is 12.5 Å². The average molecular weight is 220 g/mol. The molecule has 0 spiro atoms. The molecule has 2 rings (SSSR count). The highest BCUT2D eigenvalue weighted by atomic mass is 16.5. The molecule has 2 aromatic rings. The number of rotatable bonds is 4. The molecule has 0 aromatic carbocycles. The number of aromatic nitrogens is 3. The van der Waals surface area contributed by atoms with Gasteiger partial charge in [0.25, 0.3) is 0 Å². The highest BCUT2D eigenvalue weighted by molar-refractivity contribution is 5.44. The van der Waals surface area contributed by atoms with Crippen LogP contribution in [-0.2, 0) is 4.74 Å². The van der Waals surface area contributed by atoms with Gasteiger partial charge in [0.15, 0.2) is 5.65 Å². The molecule has 5 nitrogen and oxygen atoms in total. The lowest BCUT2D eigenvalue weighted by molar-refractivity contribution is 0.190. The van der Waals surface area contributed by atoms with Gasteiger partial charge in [-0.05, 0) is 25.5 Å². The lowest BCUT2D eigenvalue weighted by Crippen LogP contribution is -2.21. The zero-order valence-electron chi connectivity index (χ0n) is 9.77. The standard InChI is InChI=1S/C11H16N4O/c1-8-4-5-10-13-11(14-15(10)6-8)12-9(2)7-16-3/h4-6,9H,7H2,1-3H3,(H,12,14). The Hall–Kier alpha value is -1.62. The van der Waals surface area contributed by atoms with Gasteiger partial charge in [-0.3, -0.25) is 0 Å². The zero-order valence-corrected chi connectivity index (χ0v) is 9.77. The quantitative estimate of drug-likeness (QED) is 0.848. The second kappa shape index (κ2) is 4.49. The fourth-order valence-electron chi connectivity index (χ4n) is 1.56. The maximum absolute atomic E-state index is 5.04. The molecule has 16 heavy (non-hydrogen) atoms. The predicted molar refractivity (Wildman–Crippen MR) is 62.7 cm³/mol. The molecule has 1 unspecified atom stereocenters. The van der Waals surface area contributed by atoms with Crippen molar-refractivity contribution in [1.82, 2.24) is 14.6 Å². The molecular weight excluding hydrogens is 204 g/mol. The van der Waals surface area contributed by atoms with Crippen LogP contribution in [0, 0.1) is 6.92 Å². The summed E-state index contributed by atoms with van der Waals surface area (Å²) in [6.07, 6.45) is 1.95. The van der Waals surface area contributed by atoms with Gasteiger partial charge in [-0.1, -0.05) is 6.07 Å². The van der Waals surface area contributed by atoms with E-state index in [9.17, 15) is 0 Å². The molecule has 0 fully saturated rings. The van der Waals surface area contributed by atoms with Crippen LogP contribution in [0.5, 0.6) is 0 Å². The van der Waals surface area contributed by atoms with E-state index in [0.29, 0.717) is 12.6 Å². The van der Waals surface area contributed by atoms with E-state index in [4.69, 9.17) is 4.74 Å². The number of nitrogens with one attached hydrogen (secondary N) is 1. The third-order valence-corrected chi connectivity index (χ3v) is 2.27. The van der Waals surface area contributed by atoms with Crippen molar-refractivity contribution in [2.75, 3.05) is 19.0 Å². The summed E-state index contributed by atoms with van der Waals surface area (Å²) in [5.74, 6) is 0.634. The molecule has 5 heteroatoms. The number of fused-ring (bicyclic) bond motifs is 1. The van der Waals surface area contributed by atoms with Crippen molar-refractivity contribution in [3.63, 3.8) is 0 Å². The number of hydrogen-bond donors (Lipinski definition) is 1. The van der Waals surface area contributed by atoms with Crippen LogP contribution in [0.2, 0.25) is 0 Å². The van der Waals surface area contributed by atoms with Crippen LogP contribution in [-0.4, -0.2) is 34.4 Å². The van der Waals surface area contributed by atoms with E-state index >= 15 is 0 Å². The van der Waals surface area contributed by atoms with E-state index in [1.165, 1.54) is 0 Å². The summed E-state index contributed by atoms with van der Waals surface area (Å²) in [7, 11) is 1.68. The van der Waals surface area contributed by atoms with Crippen molar-refractivity contribution in [2.45, 2.75) is 19.9 Å². The van der Waals surface area contributed by atoms with Crippen molar-refractivity contribution in [2.24, 2.45) is 0 Å². The van der Waals surface area contributed by atoms with Gasteiger partial charge >= 0.3 is 0 Å². The van der Waals surface area contributed by atoms with E-state index in [-0.39, 0.29) is 6.04 Å². The molecule has 0 radical (unpaired) electrons. The Morgan fingerprint density at radius 3 is 3.06 bits per heavy atom. The summed E-state index contributed by atoms with van der Waals surface area (Å²) in [4.78, 5) is 4.36. The summed E-state index contributed by atoms with van der Waals surface area (Å²) in [5.41, 5.74) is 2.01. The first kappa shape index (κ1) is 10.9. The molecule has 0 aliphatic carbocycles. The van der Waals surface area contributed by atoms with E-state index in [0.717, 1.165) is 11.2 Å². The molecule has 86 valence electrons. The maximum Gasteiger partial charge on any atom is 0.243 e. The zero-order chi connectivity index (χ0) is 11.5. The topological polar surface area (TPSA) is 51.5 Å². The number of pyridine rings is 1. The van der Waals surface area contributed by atoms with Gasteiger partial charge in [0.05, 0.1) is 6.61 Å². The normalized spacial score (nSPS) is 12.9.